The molecule has 0 bridgehead atoms. The van der Waals surface area contributed by atoms with E-state index in [1.807, 2.05) is 19.1 Å². The molecule has 1 aromatic carbocycles. The first-order valence-corrected chi connectivity index (χ1v) is 3.96. The van der Waals surface area contributed by atoms with Crippen molar-refractivity contribution in [3.8, 4) is 0 Å². The van der Waals surface area contributed by atoms with E-state index in [0.29, 0.717) is 5.15 Å². The number of hydrogen-bond donors (Lipinski definition) is 2. The van der Waals surface area contributed by atoms with Crippen LogP contribution < -0.4 is 5.73 Å². The molecule has 0 unspecified atom stereocenters. The Morgan fingerprint density at radius 3 is 3.00 bits per heavy atom. The van der Waals surface area contributed by atoms with Crippen molar-refractivity contribution in [1.29, 1.82) is 0 Å². The van der Waals surface area contributed by atoms with E-state index in [4.69, 9.17) is 17.3 Å². The number of aryl methyl sites for hydroxylation is 1. The predicted molar refractivity (Wildman–Crippen MR) is 50.3 cm³/mol. The molecule has 12 heavy (non-hydrogen) atoms. The third-order valence-electron chi connectivity index (χ3n) is 1.84. The Morgan fingerprint density at radius 2 is 2.25 bits per heavy atom. The molecule has 2 aromatic rings. The molecular formula is C8H8ClN3. The Labute approximate surface area is 74.5 Å². The molecule has 3 nitrogen and oxygen atoms in total. The second-order valence-corrected chi connectivity index (χ2v) is 3.13. The summed E-state index contributed by atoms with van der Waals surface area (Å²) in [4.78, 5) is 0. The molecule has 0 saturated heterocycles. The van der Waals surface area contributed by atoms with Gasteiger partial charge in [-0.3, -0.25) is 5.10 Å². The van der Waals surface area contributed by atoms with Gasteiger partial charge in [-0.2, -0.15) is 5.10 Å². The minimum Gasteiger partial charge on any atom is -0.399 e. The monoisotopic (exact) mass is 181 g/mol. The average molecular weight is 182 g/mol. The van der Waals surface area contributed by atoms with Crippen molar-refractivity contribution in [1.82, 2.24) is 10.2 Å². The van der Waals surface area contributed by atoms with Gasteiger partial charge in [-0.1, -0.05) is 11.6 Å². The fourth-order valence-corrected chi connectivity index (χ4v) is 1.64. The van der Waals surface area contributed by atoms with Gasteiger partial charge in [0.15, 0.2) is 5.15 Å². The SMILES string of the molecule is Cc1cc(N)cc2[nH]nc(Cl)c12. The van der Waals surface area contributed by atoms with E-state index in [1.165, 1.54) is 0 Å². The molecule has 0 atom stereocenters. The number of rotatable bonds is 0. The van der Waals surface area contributed by atoms with Crippen LogP contribution in [-0.2, 0) is 0 Å². The van der Waals surface area contributed by atoms with Crippen molar-refractivity contribution in [2.24, 2.45) is 0 Å². The summed E-state index contributed by atoms with van der Waals surface area (Å²) >= 11 is 5.85. The van der Waals surface area contributed by atoms with Crippen molar-refractivity contribution < 1.29 is 0 Å². The fraction of sp³-hybridized carbons (Fsp3) is 0.125. The number of nitrogens with zero attached hydrogens (tertiary/aromatic N) is 1. The maximum atomic E-state index is 5.85. The molecule has 0 aliphatic carbocycles. The predicted octanol–water partition coefficient (Wildman–Crippen LogP) is 2.11. The van der Waals surface area contributed by atoms with E-state index >= 15 is 0 Å². The Hall–Kier alpha value is -1.22. The molecule has 0 saturated carbocycles. The summed E-state index contributed by atoms with van der Waals surface area (Å²) in [6.45, 7) is 1.96. The van der Waals surface area contributed by atoms with E-state index in [1.54, 1.807) is 0 Å². The van der Waals surface area contributed by atoms with Crippen LogP contribution in [0.3, 0.4) is 0 Å². The van der Waals surface area contributed by atoms with Gasteiger partial charge in [0.1, 0.15) is 0 Å². The van der Waals surface area contributed by atoms with Gasteiger partial charge in [0.05, 0.1) is 5.52 Å². The quantitative estimate of drug-likeness (QED) is 0.612. The first-order chi connectivity index (χ1) is 5.68. The summed E-state index contributed by atoms with van der Waals surface area (Å²) in [6.07, 6.45) is 0. The summed E-state index contributed by atoms with van der Waals surface area (Å²) < 4.78 is 0. The number of H-pyrrole nitrogens is 1. The number of anilines is 1. The van der Waals surface area contributed by atoms with Gasteiger partial charge in [-0.15, -0.1) is 0 Å². The zero-order valence-electron chi connectivity index (χ0n) is 6.56. The van der Waals surface area contributed by atoms with Gasteiger partial charge in [-0.05, 0) is 24.6 Å². The van der Waals surface area contributed by atoms with Gasteiger partial charge in [-0.25, -0.2) is 0 Å². The van der Waals surface area contributed by atoms with Crippen molar-refractivity contribution in [2.75, 3.05) is 5.73 Å². The molecule has 0 amide bonds. The number of aromatic nitrogens is 2. The molecule has 0 aliphatic heterocycles. The van der Waals surface area contributed by atoms with Gasteiger partial charge in [0.25, 0.3) is 0 Å². The lowest BCUT2D eigenvalue weighted by molar-refractivity contribution is 1.12. The van der Waals surface area contributed by atoms with Crippen molar-refractivity contribution >= 4 is 28.2 Å². The third kappa shape index (κ3) is 0.940. The summed E-state index contributed by atoms with van der Waals surface area (Å²) in [5.41, 5.74) is 8.30. The number of nitrogens with two attached hydrogens (primary N) is 1. The number of nitrogens with one attached hydrogen (secondary N) is 1. The Morgan fingerprint density at radius 1 is 1.50 bits per heavy atom. The maximum absolute atomic E-state index is 5.85. The zero-order valence-corrected chi connectivity index (χ0v) is 7.31. The topological polar surface area (TPSA) is 54.7 Å². The summed E-state index contributed by atoms with van der Waals surface area (Å²) in [7, 11) is 0. The maximum Gasteiger partial charge on any atom is 0.158 e. The molecule has 4 heteroatoms. The second-order valence-electron chi connectivity index (χ2n) is 2.77. The molecular weight excluding hydrogens is 174 g/mol. The van der Waals surface area contributed by atoms with Crippen LogP contribution in [0.25, 0.3) is 10.9 Å². The van der Waals surface area contributed by atoms with Gasteiger partial charge < -0.3 is 5.73 Å². The smallest absolute Gasteiger partial charge is 0.158 e. The molecule has 2 rings (SSSR count). The molecule has 0 spiro atoms. The van der Waals surface area contributed by atoms with Gasteiger partial charge in [0.2, 0.25) is 0 Å². The lowest BCUT2D eigenvalue weighted by Crippen LogP contribution is -1.85. The fourth-order valence-electron chi connectivity index (χ4n) is 1.34. The molecule has 3 N–H and O–H groups in total. The summed E-state index contributed by atoms with van der Waals surface area (Å²) in [5, 5.41) is 8.14. The third-order valence-corrected chi connectivity index (χ3v) is 2.11. The standard InChI is InChI=1S/C8H8ClN3/c1-4-2-5(10)3-6-7(4)8(9)12-11-6/h2-3H,10H2,1H3,(H,11,12). The van der Waals surface area contributed by atoms with Crippen molar-refractivity contribution in [2.45, 2.75) is 6.92 Å². The van der Waals surface area contributed by atoms with Crippen molar-refractivity contribution in [3.63, 3.8) is 0 Å². The highest BCUT2D eigenvalue weighted by atomic mass is 35.5. The Bertz CT molecular complexity index is 433. The highest BCUT2D eigenvalue weighted by Crippen LogP contribution is 2.25. The van der Waals surface area contributed by atoms with Crippen LogP contribution in [0.2, 0.25) is 5.15 Å². The number of hydrogen-bond acceptors (Lipinski definition) is 2. The van der Waals surface area contributed by atoms with Crippen LogP contribution in [0.1, 0.15) is 5.56 Å². The molecule has 0 aliphatic rings. The van der Waals surface area contributed by atoms with Gasteiger partial charge in [0, 0.05) is 11.1 Å². The summed E-state index contributed by atoms with van der Waals surface area (Å²) in [6, 6.07) is 3.70. The normalized spacial score (nSPS) is 10.8. The minimum absolute atomic E-state index is 0.502. The largest absolute Gasteiger partial charge is 0.399 e. The summed E-state index contributed by atoms with van der Waals surface area (Å²) in [5.74, 6) is 0. The van der Waals surface area contributed by atoms with Crippen LogP contribution in [0.4, 0.5) is 5.69 Å². The van der Waals surface area contributed by atoms with E-state index < -0.39 is 0 Å². The first-order valence-electron chi connectivity index (χ1n) is 3.58. The van der Waals surface area contributed by atoms with Crippen LogP contribution in [-0.4, -0.2) is 10.2 Å². The molecule has 1 heterocycles. The highest BCUT2D eigenvalue weighted by Gasteiger charge is 2.05. The highest BCUT2D eigenvalue weighted by molar-refractivity contribution is 6.34. The van der Waals surface area contributed by atoms with E-state index in [0.717, 1.165) is 22.2 Å². The van der Waals surface area contributed by atoms with E-state index in [9.17, 15) is 0 Å². The Kier molecular flexibility index (Phi) is 1.48. The number of benzene rings is 1. The first kappa shape index (κ1) is 7.43. The van der Waals surface area contributed by atoms with Gasteiger partial charge >= 0.3 is 0 Å². The molecule has 62 valence electrons. The van der Waals surface area contributed by atoms with Crippen molar-refractivity contribution in [3.05, 3.63) is 22.8 Å². The number of aromatic amines is 1. The van der Waals surface area contributed by atoms with Crippen LogP contribution in [0, 0.1) is 6.92 Å². The molecule has 0 fully saturated rings. The second kappa shape index (κ2) is 2.38. The number of halogens is 1. The lowest BCUT2D eigenvalue weighted by atomic mass is 10.1. The van der Waals surface area contributed by atoms with Crippen LogP contribution in [0.5, 0.6) is 0 Å². The zero-order chi connectivity index (χ0) is 8.72. The van der Waals surface area contributed by atoms with E-state index in [-0.39, 0.29) is 0 Å². The van der Waals surface area contributed by atoms with Crippen LogP contribution in [0.15, 0.2) is 12.1 Å². The van der Waals surface area contributed by atoms with E-state index in [2.05, 4.69) is 10.2 Å². The average Bonchev–Trinajstić information content (AvgIpc) is 2.31. The minimum atomic E-state index is 0.502. The molecule has 0 radical (unpaired) electrons. The molecule has 1 aromatic heterocycles. The number of nitrogen functional groups attached to an aromatic ring is 1. The number of fused-ring (bicyclic) bond motifs is 1. The van der Waals surface area contributed by atoms with Crippen LogP contribution >= 0.6 is 11.6 Å². The lowest BCUT2D eigenvalue weighted by Gasteiger charge is -1.97. The Balaban J connectivity index is 2.93.